The summed E-state index contributed by atoms with van der Waals surface area (Å²) in [5.74, 6) is 0.321. The van der Waals surface area contributed by atoms with Gasteiger partial charge in [-0.15, -0.1) is 0 Å². The number of piperazine rings is 1. The maximum absolute atomic E-state index is 13.1. The molecule has 0 aliphatic carbocycles. The lowest BCUT2D eigenvalue weighted by atomic mass is 10.1. The molecule has 1 fully saturated rings. The molecule has 0 spiro atoms. The van der Waals surface area contributed by atoms with Gasteiger partial charge < -0.3 is 19.4 Å². The van der Waals surface area contributed by atoms with Crippen molar-refractivity contribution < 1.29 is 18.7 Å². The first-order chi connectivity index (χ1) is 14.0. The summed E-state index contributed by atoms with van der Waals surface area (Å²) >= 11 is 0. The summed E-state index contributed by atoms with van der Waals surface area (Å²) in [6.07, 6.45) is -0.289. The molecule has 4 rings (SSSR count). The molecule has 152 valence electrons. The average Bonchev–Trinajstić information content (AvgIpc) is 2.74. The van der Waals surface area contributed by atoms with Crippen molar-refractivity contribution in [1.82, 2.24) is 4.90 Å². The molecule has 2 aliphatic rings. The molecule has 1 saturated heterocycles. The Labute approximate surface area is 169 Å². The van der Waals surface area contributed by atoms with E-state index < -0.39 is 6.10 Å². The zero-order valence-corrected chi connectivity index (χ0v) is 16.4. The number of hydrogen-bond acceptors (Lipinski definition) is 4. The summed E-state index contributed by atoms with van der Waals surface area (Å²) in [5, 5.41) is 0. The number of rotatable bonds is 4. The van der Waals surface area contributed by atoms with E-state index in [0.717, 1.165) is 5.69 Å². The van der Waals surface area contributed by atoms with Crippen LogP contribution in [-0.4, -0.2) is 55.5 Å². The Kier molecular flexibility index (Phi) is 5.38. The van der Waals surface area contributed by atoms with Crippen LogP contribution in [-0.2, 0) is 9.59 Å². The van der Waals surface area contributed by atoms with Gasteiger partial charge in [0.15, 0.2) is 6.10 Å². The molecule has 2 aromatic carbocycles. The van der Waals surface area contributed by atoms with Crippen molar-refractivity contribution in [2.24, 2.45) is 0 Å². The highest BCUT2D eigenvalue weighted by atomic mass is 19.1. The van der Waals surface area contributed by atoms with E-state index >= 15 is 0 Å². The molecule has 0 N–H and O–H groups in total. The number of benzene rings is 2. The molecular formula is C22H24FN3O3. The van der Waals surface area contributed by atoms with Crippen LogP contribution >= 0.6 is 0 Å². The van der Waals surface area contributed by atoms with Crippen molar-refractivity contribution in [3.05, 3.63) is 54.3 Å². The second-order valence-electron chi connectivity index (χ2n) is 7.31. The summed E-state index contributed by atoms with van der Waals surface area (Å²) in [5.41, 5.74) is 1.67. The van der Waals surface area contributed by atoms with Gasteiger partial charge in [-0.1, -0.05) is 12.1 Å². The largest absolute Gasteiger partial charge is 0.479 e. The standard InChI is InChI=1S/C22H24FN3O3/c1-16-22(28)26(19-4-2-3-5-20(19)29-16)11-10-21(27)25-14-12-24(13-15-25)18-8-6-17(23)7-9-18/h2-9,16H,10-15H2,1H3. The van der Waals surface area contributed by atoms with E-state index in [0.29, 0.717) is 44.2 Å². The van der Waals surface area contributed by atoms with Crippen LogP contribution in [0.4, 0.5) is 15.8 Å². The first-order valence-electron chi connectivity index (χ1n) is 9.88. The molecule has 2 heterocycles. The summed E-state index contributed by atoms with van der Waals surface area (Å²) in [6.45, 7) is 4.68. The van der Waals surface area contributed by atoms with Crippen molar-refractivity contribution in [3.8, 4) is 5.75 Å². The topological polar surface area (TPSA) is 53.1 Å². The van der Waals surface area contributed by atoms with Gasteiger partial charge in [0.25, 0.3) is 5.91 Å². The fraction of sp³-hybridized carbons (Fsp3) is 0.364. The second-order valence-corrected chi connectivity index (χ2v) is 7.31. The van der Waals surface area contributed by atoms with E-state index in [2.05, 4.69) is 4.90 Å². The van der Waals surface area contributed by atoms with Gasteiger partial charge in [0.2, 0.25) is 5.91 Å². The average molecular weight is 397 g/mol. The molecule has 6 nitrogen and oxygen atoms in total. The number of carbonyl (C=O) groups excluding carboxylic acids is 2. The highest BCUT2D eigenvalue weighted by Gasteiger charge is 2.32. The molecule has 29 heavy (non-hydrogen) atoms. The molecule has 1 atom stereocenters. The highest BCUT2D eigenvalue weighted by Crippen LogP contribution is 2.33. The van der Waals surface area contributed by atoms with Gasteiger partial charge in [-0.05, 0) is 43.3 Å². The van der Waals surface area contributed by atoms with Crippen LogP contribution in [0.5, 0.6) is 5.75 Å². The Hall–Kier alpha value is -3.09. The zero-order valence-electron chi connectivity index (χ0n) is 16.4. The van der Waals surface area contributed by atoms with Crippen molar-refractivity contribution in [1.29, 1.82) is 0 Å². The number of halogens is 1. The second kappa shape index (κ2) is 8.11. The van der Waals surface area contributed by atoms with E-state index in [1.807, 2.05) is 29.2 Å². The lowest BCUT2D eigenvalue weighted by molar-refractivity contribution is -0.131. The van der Waals surface area contributed by atoms with Crippen LogP contribution in [0, 0.1) is 5.82 Å². The predicted molar refractivity (Wildman–Crippen MR) is 109 cm³/mol. The Balaban J connectivity index is 1.34. The van der Waals surface area contributed by atoms with E-state index in [1.54, 1.807) is 24.0 Å². The lowest BCUT2D eigenvalue weighted by Crippen LogP contribution is -2.50. The summed E-state index contributed by atoms with van der Waals surface area (Å²) in [6, 6.07) is 13.8. The molecule has 2 aromatic rings. The zero-order chi connectivity index (χ0) is 20.4. The number of amides is 2. The molecule has 0 aromatic heterocycles. The minimum absolute atomic E-state index is 0.0354. The van der Waals surface area contributed by atoms with Crippen LogP contribution in [0.15, 0.2) is 48.5 Å². The van der Waals surface area contributed by atoms with Gasteiger partial charge in [-0.3, -0.25) is 9.59 Å². The number of ether oxygens (including phenoxy) is 1. The van der Waals surface area contributed by atoms with Crippen LogP contribution in [0.25, 0.3) is 0 Å². The maximum atomic E-state index is 13.1. The SMILES string of the molecule is CC1Oc2ccccc2N(CCC(=O)N2CCN(c3ccc(F)cc3)CC2)C1=O. The van der Waals surface area contributed by atoms with Gasteiger partial charge in [0, 0.05) is 44.8 Å². The molecule has 2 amide bonds. The van der Waals surface area contributed by atoms with Crippen LogP contribution in [0.2, 0.25) is 0 Å². The minimum atomic E-state index is -0.556. The van der Waals surface area contributed by atoms with Crippen LogP contribution < -0.4 is 14.5 Å². The third kappa shape index (κ3) is 4.04. The van der Waals surface area contributed by atoms with E-state index in [-0.39, 0.29) is 24.1 Å². The van der Waals surface area contributed by atoms with Gasteiger partial charge >= 0.3 is 0 Å². The van der Waals surface area contributed by atoms with E-state index in [4.69, 9.17) is 4.74 Å². The van der Waals surface area contributed by atoms with E-state index in [9.17, 15) is 14.0 Å². The van der Waals surface area contributed by atoms with Crippen molar-refractivity contribution in [2.45, 2.75) is 19.4 Å². The lowest BCUT2D eigenvalue weighted by Gasteiger charge is -2.37. The third-order valence-corrected chi connectivity index (χ3v) is 5.45. The van der Waals surface area contributed by atoms with E-state index in [1.165, 1.54) is 12.1 Å². The minimum Gasteiger partial charge on any atom is -0.479 e. The Morgan fingerprint density at radius 2 is 1.76 bits per heavy atom. The number of hydrogen-bond donors (Lipinski definition) is 0. The predicted octanol–water partition coefficient (Wildman–Crippen LogP) is 2.68. The van der Waals surface area contributed by atoms with Crippen molar-refractivity contribution in [3.63, 3.8) is 0 Å². The van der Waals surface area contributed by atoms with Gasteiger partial charge in [-0.2, -0.15) is 0 Å². The fourth-order valence-electron chi connectivity index (χ4n) is 3.82. The first-order valence-corrected chi connectivity index (χ1v) is 9.88. The fourth-order valence-corrected chi connectivity index (χ4v) is 3.82. The Bertz CT molecular complexity index is 894. The normalized spacial score (nSPS) is 19.0. The summed E-state index contributed by atoms with van der Waals surface area (Å²) < 4.78 is 18.7. The number of para-hydroxylation sites is 2. The molecule has 0 radical (unpaired) electrons. The number of nitrogens with zero attached hydrogens (tertiary/aromatic N) is 3. The van der Waals surface area contributed by atoms with Crippen LogP contribution in [0.3, 0.4) is 0 Å². The quantitative estimate of drug-likeness (QED) is 0.796. The van der Waals surface area contributed by atoms with Gasteiger partial charge in [-0.25, -0.2) is 4.39 Å². The molecular weight excluding hydrogens is 373 g/mol. The molecule has 0 saturated carbocycles. The smallest absolute Gasteiger partial charge is 0.267 e. The van der Waals surface area contributed by atoms with Crippen molar-refractivity contribution >= 4 is 23.2 Å². The Morgan fingerprint density at radius 3 is 2.48 bits per heavy atom. The molecule has 1 unspecified atom stereocenters. The number of carbonyl (C=O) groups is 2. The molecule has 7 heteroatoms. The Morgan fingerprint density at radius 1 is 1.07 bits per heavy atom. The molecule has 2 aliphatic heterocycles. The first kappa shape index (κ1) is 19.2. The number of anilines is 2. The molecule has 0 bridgehead atoms. The van der Waals surface area contributed by atoms with Gasteiger partial charge in [0.1, 0.15) is 11.6 Å². The number of fused-ring (bicyclic) bond motifs is 1. The van der Waals surface area contributed by atoms with Crippen molar-refractivity contribution in [2.75, 3.05) is 42.5 Å². The monoisotopic (exact) mass is 397 g/mol. The maximum Gasteiger partial charge on any atom is 0.267 e. The van der Waals surface area contributed by atoms with Crippen LogP contribution in [0.1, 0.15) is 13.3 Å². The summed E-state index contributed by atoms with van der Waals surface area (Å²) in [7, 11) is 0. The summed E-state index contributed by atoms with van der Waals surface area (Å²) in [4.78, 5) is 30.9. The third-order valence-electron chi connectivity index (χ3n) is 5.45. The highest BCUT2D eigenvalue weighted by molar-refractivity contribution is 6.00. The van der Waals surface area contributed by atoms with Gasteiger partial charge in [0.05, 0.1) is 5.69 Å².